The third-order valence-electron chi connectivity index (χ3n) is 2.32. The van der Waals surface area contributed by atoms with Crippen LogP contribution in [0.5, 0.6) is 0 Å². The Balaban J connectivity index is 2.21. The summed E-state index contributed by atoms with van der Waals surface area (Å²) < 4.78 is 5.03. The Labute approximate surface area is 103 Å². The molecule has 2 aromatic rings. The Kier molecular flexibility index (Phi) is 3.71. The van der Waals surface area contributed by atoms with Crippen LogP contribution in [0.4, 0.5) is 0 Å². The zero-order valence-electron chi connectivity index (χ0n) is 9.30. The predicted octanol–water partition coefficient (Wildman–Crippen LogP) is 2.10. The first-order valence-electron chi connectivity index (χ1n) is 5.32. The van der Waals surface area contributed by atoms with E-state index in [1.807, 2.05) is 6.92 Å². The van der Waals surface area contributed by atoms with E-state index < -0.39 is 6.10 Å². The van der Waals surface area contributed by atoms with Crippen LogP contribution in [-0.4, -0.2) is 26.3 Å². The van der Waals surface area contributed by atoms with Gasteiger partial charge in [0.05, 0.1) is 17.5 Å². The van der Waals surface area contributed by atoms with Crippen LogP contribution in [0.2, 0.25) is 5.02 Å². The lowest BCUT2D eigenvalue weighted by Crippen LogP contribution is -2.08. The lowest BCUT2D eigenvalue weighted by molar-refractivity contribution is 0.158. The topological polar surface area (TPSA) is 72.0 Å². The van der Waals surface area contributed by atoms with Gasteiger partial charge < -0.3 is 9.63 Å². The third kappa shape index (κ3) is 2.81. The zero-order valence-corrected chi connectivity index (χ0v) is 10.1. The Morgan fingerprint density at radius 2 is 2.35 bits per heavy atom. The minimum Gasteiger partial charge on any atom is -0.393 e. The van der Waals surface area contributed by atoms with Crippen molar-refractivity contribution < 1.29 is 9.63 Å². The van der Waals surface area contributed by atoms with E-state index in [2.05, 4.69) is 15.1 Å². The summed E-state index contributed by atoms with van der Waals surface area (Å²) in [5.74, 6) is 0.727. The number of aliphatic hydroxyl groups excluding tert-OH is 1. The molecule has 0 saturated heterocycles. The maximum absolute atomic E-state index is 9.48. The van der Waals surface area contributed by atoms with Crippen LogP contribution in [0.15, 0.2) is 22.9 Å². The molecule has 1 N–H and O–H groups in total. The van der Waals surface area contributed by atoms with Crippen molar-refractivity contribution >= 4 is 11.6 Å². The molecule has 1 unspecified atom stereocenters. The molecule has 0 bridgehead atoms. The number of hydrogen-bond acceptors (Lipinski definition) is 5. The number of halogens is 1. The highest BCUT2D eigenvalue weighted by Crippen LogP contribution is 2.22. The number of hydrogen-bond donors (Lipinski definition) is 1. The molecule has 5 nitrogen and oxygen atoms in total. The minimum atomic E-state index is -0.470. The second-order valence-corrected chi connectivity index (χ2v) is 4.02. The zero-order chi connectivity index (χ0) is 12.3. The van der Waals surface area contributed by atoms with Crippen molar-refractivity contribution in [2.45, 2.75) is 25.9 Å². The highest BCUT2D eigenvalue weighted by Gasteiger charge is 2.14. The van der Waals surface area contributed by atoms with Crippen LogP contribution in [0.25, 0.3) is 11.5 Å². The molecule has 1 atom stereocenters. The third-order valence-corrected chi connectivity index (χ3v) is 2.62. The normalized spacial score (nSPS) is 12.6. The van der Waals surface area contributed by atoms with Gasteiger partial charge in [0, 0.05) is 6.20 Å². The van der Waals surface area contributed by atoms with Crippen molar-refractivity contribution in [1.29, 1.82) is 0 Å². The van der Waals surface area contributed by atoms with Gasteiger partial charge in [-0.3, -0.25) is 4.98 Å². The summed E-state index contributed by atoms with van der Waals surface area (Å²) >= 11 is 5.97. The Bertz CT molecular complexity index is 501. The molecule has 0 fully saturated rings. The number of aliphatic hydroxyl groups is 1. The maximum atomic E-state index is 9.48. The van der Waals surface area contributed by atoms with Gasteiger partial charge in [0.15, 0.2) is 0 Å². The molecule has 0 radical (unpaired) electrons. The average molecular weight is 254 g/mol. The Morgan fingerprint density at radius 3 is 3.06 bits per heavy atom. The first kappa shape index (κ1) is 12.0. The largest absolute Gasteiger partial charge is 0.393 e. The number of rotatable bonds is 4. The first-order chi connectivity index (χ1) is 8.20. The smallest absolute Gasteiger partial charge is 0.229 e. The van der Waals surface area contributed by atoms with Crippen LogP contribution in [0.3, 0.4) is 0 Å². The molecule has 0 saturated carbocycles. The molecule has 90 valence electrons. The van der Waals surface area contributed by atoms with E-state index >= 15 is 0 Å². The molecular formula is C11H12ClN3O2. The fraction of sp³-hybridized carbons (Fsp3) is 0.364. The second kappa shape index (κ2) is 5.25. The molecule has 2 heterocycles. The fourth-order valence-corrected chi connectivity index (χ4v) is 1.54. The SMILES string of the molecule is CCC(O)Cc1nc(-c2ncccc2Cl)no1. The van der Waals surface area contributed by atoms with Crippen molar-refractivity contribution in [3.63, 3.8) is 0 Å². The predicted molar refractivity (Wildman–Crippen MR) is 62.5 cm³/mol. The van der Waals surface area contributed by atoms with Gasteiger partial charge in [0.2, 0.25) is 11.7 Å². The number of pyridine rings is 1. The summed E-state index contributed by atoms with van der Waals surface area (Å²) in [7, 11) is 0. The molecule has 0 aliphatic rings. The van der Waals surface area contributed by atoms with Gasteiger partial charge in [0.1, 0.15) is 5.69 Å². The summed E-state index contributed by atoms with van der Waals surface area (Å²) in [6, 6.07) is 3.44. The van der Waals surface area contributed by atoms with Crippen molar-refractivity contribution in [1.82, 2.24) is 15.1 Å². The molecule has 0 aromatic carbocycles. The van der Waals surface area contributed by atoms with Gasteiger partial charge in [0.25, 0.3) is 0 Å². The highest BCUT2D eigenvalue weighted by atomic mass is 35.5. The summed E-state index contributed by atoms with van der Waals surface area (Å²) in [6.45, 7) is 1.89. The van der Waals surface area contributed by atoms with Crippen molar-refractivity contribution in [2.24, 2.45) is 0 Å². The maximum Gasteiger partial charge on any atom is 0.229 e. The average Bonchev–Trinajstić information content (AvgIpc) is 2.78. The highest BCUT2D eigenvalue weighted by molar-refractivity contribution is 6.32. The van der Waals surface area contributed by atoms with E-state index in [1.54, 1.807) is 18.3 Å². The van der Waals surface area contributed by atoms with Crippen molar-refractivity contribution in [2.75, 3.05) is 0 Å². The summed E-state index contributed by atoms with van der Waals surface area (Å²) in [6.07, 6.45) is 2.12. The second-order valence-electron chi connectivity index (χ2n) is 3.61. The van der Waals surface area contributed by atoms with E-state index in [0.29, 0.717) is 35.3 Å². The quantitative estimate of drug-likeness (QED) is 0.903. The number of aromatic nitrogens is 3. The summed E-state index contributed by atoms with van der Waals surface area (Å²) in [5.41, 5.74) is 0.482. The van der Waals surface area contributed by atoms with Crippen LogP contribution in [0.1, 0.15) is 19.2 Å². The molecule has 0 amide bonds. The van der Waals surface area contributed by atoms with Gasteiger partial charge in [-0.2, -0.15) is 4.98 Å². The van der Waals surface area contributed by atoms with E-state index in [0.717, 1.165) is 0 Å². The fourth-order valence-electron chi connectivity index (χ4n) is 1.33. The van der Waals surface area contributed by atoms with Gasteiger partial charge in [-0.15, -0.1) is 0 Å². The van der Waals surface area contributed by atoms with Gasteiger partial charge in [-0.1, -0.05) is 23.7 Å². The van der Waals surface area contributed by atoms with Crippen molar-refractivity contribution in [3.8, 4) is 11.5 Å². The van der Waals surface area contributed by atoms with Gasteiger partial charge >= 0.3 is 0 Å². The molecule has 2 rings (SSSR count). The van der Waals surface area contributed by atoms with E-state index in [4.69, 9.17) is 16.1 Å². The molecule has 0 aliphatic heterocycles. The van der Waals surface area contributed by atoms with Gasteiger partial charge in [-0.25, -0.2) is 0 Å². The standard InChI is InChI=1S/C11H12ClN3O2/c1-2-7(16)6-9-14-11(15-17-9)10-8(12)4-3-5-13-10/h3-5,7,16H,2,6H2,1H3. The monoisotopic (exact) mass is 253 g/mol. The molecular weight excluding hydrogens is 242 g/mol. The van der Waals surface area contributed by atoms with Crippen LogP contribution >= 0.6 is 11.6 Å². The molecule has 2 aromatic heterocycles. The van der Waals surface area contributed by atoms with Crippen molar-refractivity contribution in [3.05, 3.63) is 29.2 Å². The lowest BCUT2D eigenvalue weighted by Gasteiger charge is -2.01. The molecule has 0 spiro atoms. The Morgan fingerprint density at radius 1 is 1.53 bits per heavy atom. The van der Waals surface area contributed by atoms with Crippen LogP contribution < -0.4 is 0 Å². The number of nitrogens with zero attached hydrogens (tertiary/aromatic N) is 3. The van der Waals surface area contributed by atoms with Crippen LogP contribution in [-0.2, 0) is 6.42 Å². The molecule has 17 heavy (non-hydrogen) atoms. The molecule has 0 aliphatic carbocycles. The lowest BCUT2D eigenvalue weighted by atomic mass is 10.2. The Hall–Kier alpha value is -1.46. The molecule has 6 heteroatoms. The summed E-state index contributed by atoms with van der Waals surface area (Å²) in [5, 5.41) is 13.7. The minimum absolute atomic E-state index is 0.341. The first-order valence-corrected chi connectivity index (χ1v) is 5.70. The van der Waals surface area contributed by atoms with E-state index in [-0.39, 0.29) is 0 Å². The summed E-state index contributed by atoms with van der Waals surface area (Å²) in [4.78, 5) is 8.23. The van der Waals surface area contributed by atoms with Gasteiger partial charge in [-0.05, 0) is 18.6 Å². The van der Waals surface area contributed by atoms with E-state index in [9.17, 15) is 5.11 Å². The van der Waals surface area contributed by atoms with E-state index in [1.165, 1.54) is 0 Å². The van der Waals surface area contributed by atoms with Crippen LogP contribution in [0, 0.1) is 0 Å².